The third-order valence-corrected chi connectivity index (χ3v) is 5.21. The summed E-state index contributed by atoms with van der Waals surface area (Å²) < 4.78 is 0. The first kappa shape index (κ1) is 15.2. The van der Waals surface area contributed by atoms with Crippen LogP contribution in [0, 0.1) is 5.92 Å². The van der Waals surface area contributed by atoms with Gasteiger partial charge in [-0.05, 0) is 6.42 Å². The normalized spacial score (nSPS) is 30.1. The highest BCUT2D eigenvalue weighted by molar-refractivity contribution is 8.00. The van der Waals surface area contributed by atoms with Gasteiger partial charge < -0.3 is 14.9 Å². The predicted molar refractivity (Wildman–Crippen MR) is 75.2 cm³/mol. The maximum atomic E-state index is 12.6. The number of thioether (sulfide) groups is 1. The molecule has 3 atom stereocenters. The summed E-state index contributed by atoms with van der Waals surface area (Å²) in [6.45, 7) is 2.41. The molecule has 7 heteroatoms. The number of carbonyl (C=O) groups excluding carboxylic acids is 2. The number of carboxylic acid groups (broad SMARTS) is 1. The minimum atomic E-state index is -0.956. The van der Waals surface area contributed by atoms with Crippen LogP contribution in [0.5, 0.6) is 0 Å². The molecule has 2 amide bonds. The number of hydrogen-bond donors (Lipinski definition) is 1. The van der Waals surface area contributed by atoms with Crippen LogP contribution in [0.15, 0.2) is 0 Å². The van der Waals surface area contributed by atoms with Crippen LogP contribution < -0.4 is 0 Å². The van der Waals surface area contributed by atoms with Gasteiger partial charge in [-0.1, -0.05) is 13.3 Å². The molecule has 0 aliphatic carbocycles. The molecule has 2 rings (SSSR count). The van der Waals surface area contributed by atoms with Crippen molar-refractivity contribution in [3.63, 3.8) is 0 Å². The molecule has 0 bridgehead atoms. The molecule has 0 saturated carbocycles. The van der Waals surface area contributed by atoms with Gasteiger partial charge in [0.1, 0.15) is 6.04 Å². The Hall–Kier alpha value is -1.24. The quantitative estimate of drug-likeness (QED) is 0.823. The lowest BCUT2D eigenvalue weighted by Gasteiger charge is -2.29. The van der Waals surface area contributed by atoms with Gasteiger partial charge in [-0.25, -0.2) is 4.79 Å². The third-order valence-electron chi connectivity index (χ3n) is 3.86. The standard InChI is InChI=1S/C13H20N2O4S/c1-3-4-11-15(9(7-20-11)13(18)19)12(17)8-5-10(16)14(2)6-8/h8-9,11H,3-7H2,1-2H3,(H,18,19). The van der Waals surface area contributed by atoms with E-state index in [0.717, 1.165) is 12.8 Å². The third kappa shape index (κ3) is 2.77. The number of rotatable bonds is 4. The summed E-state index contributed by atoms with van der Waals surface area (Å²) in [4.78, 5) is 38.5. The number of amides is 2. The number of nitrogens with zero attached hydrogens (tertiary/aromatic N) is 2. The summed E-state index contributed by atoms with van der Waals surface area (Å²) in [5.74, 6) is -1.15. The number of carboxylic acids is 1. The second-order valence-corrected chi connectivity index (χ2v) is 6.56. The van der Waals surface area contributed by atoms with Crippen LogP contribution in [0.3, 0.4) is 0 Å². The molecule has 0 aromatic heterocycles. The Kier molecular flexibility index (Phi) is 4.57. The molecule has 1 N–H and O–H groups in total. The average molecular weight is 300 g/mol. The Morgan fingerprint density at radius 1 is 1.45 bits per heavy atom. The van der Waals surface area contributed by atoms with Crippen LogP contribution in [0.1, 0.15) is 26.2 Å². The van der Waals surface area contributed by atoms with Crippen molar-refractivity contribution in [2.45, 2.75) is 37.6 Å². The fourth-order valence-electron chi connectivity index (χ4n) is 2.76. The lowest BCUT2D eigenvalue weighted by molar-refractivity contribution is -0.150. The van der Waals surface area contributed by atoms with Crippen molar-refractivity contribution in [1.29, 1.82) is 0 Å². The Labute approximate surface area is 122 Å². The van der Waals surface area contributed by atoms with Crippen molar-refractivity contribution in [1.82, 2.24) is 9.80 Å². The highest BCUT2D eigenvalue weighted by Gasteiger charge is 2.45. The van der Waals surface area contributed by atoms with Crippen LogP contribution >= 0.6 is 11.8 Å². The summed E-state index contributed by atoms with van der Waals surface area (Å²) in [6.07, 6.45) is 1.88. The number of carbonyl (C=O) groups is 3. The van der Waals surface area contributed by atoms with Crippen molar-refractivity contribution in [2.24, 2.45) is 5.92 Å². The van der Waals surface area contributed by atoms with Gasteiger partial charge in [0.25, 0.3) is 0 Å². The molecule has 20 heavy (non-hydrogen) atoms. The monoisotopic (exact) mass is 300 g/mol. The largest absolute Gasteiger partial charge is 0.480 e. The van der Waals surface area contributed by atoms with Crippen LogP contribution in [-0.4, -0.2) is 63.5 Å². The van der Waals surface area contributed by atoms with E-state index in [1.807, 2.05) is 6.92 Å². The van der Waals surface area contributed by atoms with Gasteiger partial charge in [0, 0.05) is 25.8 Å². The highest BCUT2D eigenvalue weighted by atomic mass is 32.2. The van der Waals surface area contributed by atoms with Gasteiger partial charge in [0.05, 0.1) is 11.3 Å². The predicted octanol–water partition coefficient (Wildman–Crippen LogP) is 0.620. The molecule has 0 spiro atoms. The van der Waals surface area contributed by atoms with E-state index in [0.29, 0.717) is 12.3 Å². The van der Waals surface area contributed by atoms with E-state index < -0.39 is 17.9 Å². The topological polar surface area (TPSA) is 77.9 Å². The van der Waals surface area contributed by atoms with E-state index in [2.05, 4.69) is 0 Å². The second-order valence-electron chi connectivity index (χ2n) is 5.35. The summed E-state index contributed by atoms with van der Waals surface area (Å²) >= 11 is 1.53. The van der Waals surface area contributed by atoms with Gasteiger partial charge in [0.2, 0.25) is 11.8 Å². The Morgan fingerprint density at radius 2 is 2.15 bits per heavy atom. The Balaban J connectivity index is 2.15. The van der Waals surface area contributed by atoms with Crippen molar-refractivity contribution in [3.05, 3.63) is 0 Å². The summed E-state index contributed by atoms with van der Waals surface area (Å²) in [6, 6.07) is -0.759. The van der Waals surface area contributed by atoms with Crippen molar-refractivity contribution in [3.8, 4) is 0 Å². The molecular formula is C13H20N2O4S. The molecule has 6 nitrogen and oxygen atoms in total. The van der Waals surface area contributed by atoms with Crippen LogP contribution in [0.25, 0.3) is 0 Å². The zero-order chi connectivity index (χ0) is 14.9. The summed E-state index contributed by atoms with van der Waals surface area (Å²) in [5.41, 5.74) is 0. The molecule has 0 aromatic carbocycles. The molecular weight excluding hydrogens is 280 g/mol. The molecule has 2 aliphatic rings. The molecule has 2 heterocycles. The molecule has 2 saturated heterocycles. The van der Waals surface area contributed by atoms with Gasteiger partial charge in [0.15, 0.2) is 0 Å². The first-order chi connectivity index (χ1) is 9.45. The molecule has 112 valence electrons. The minimum Gasteiger partial charge on any atom is -0.480 e. The van der Waals surface area contributed by atoms with Crippen molar-refractivity contribution in [2.75, 3.05) is 19.3 Å². The van der Waals surface area contributed by atoms with E-state index in [1.165, 1.54) is 21.6 Å². The Morgan fingerprint density at radius 3 is 2.65 bits per heavy atom. The maximum absolute atomic E-state index is 12.6. The van der Waals surface area contributed by atoms with Crippen molar-refractivity contribution < 1.29 is 19.5 Å². The lowest BCUT2D eigenvalue weighted by atomic mass is 10.1. The SMILES string of the molecule is CCCC1SCC(C(=O)O)N1C(=O)C1CC(=O)N(C)C1. The van der Waals surface area contributed by atoms with Crippen LogP contribution in [0.4, 0.5) is 0 Å². The average Bonchev–Trinajstić information content (AvgIpc) is 2.94. The van der Waals surface area contributed by atoms with Crippen LogP contribution in [0.2, 0.25) is 0 Å². The van der Waals surface area contributed by atoms with E-state index in [-0.39, 0.29) is 23.6 Å². The molecule has 0 radical (unpaired) electrons. The minimum absolute atomic E-state index is 0.0471. The molecule has 2 aliphatic heterocycles. The molecule has 0 aromatic rings. The molecule has 2 fully saturated rings. The zero-order valence-corrected chi connectivity index (χ0v) is 12.6. The van der Waals surface area contributed by atoms with Gasteiger partial charge in [-0.3, -0.25) is 9.59 Å². The smallest absolute Gasteiger partial charge is 0.327 e. The summed E-state index contributed by atoms with van der Waals surface area (Å²) in [5, 5.41) is 9.21. The Bertz CT molecular complexity index is 429. The fourth-order valence-corrected chi connectivity index (χ4v) is 4.28. The van der Waals surface area contributed by atoms with E-state index in [4.69, 9.17) is 0 Å². The fraction of sp³-hybridized carbons (Fsp3) is 0.769. The van der Waals surface area contributed by atoms with Gasteiger partial charge >= 0.3 is 5.97 Å². The number of hydrogen-bond acceptors (Lipinski definition) is 4. The number of likely N-dealkylation sites (tertiary alicyclic amines) is 1. The maximum Gasteiger partial charge on any atom is 0.327 e. The lowest BCUT2D eigenvalue weighted by Crippen LogP contribution is -2.48. The van der Waals surface area contributed by atoms with Crippen molar-refractivity contribution >= 4 is 29.5 Å². The summed E-state index contributed by atoms with van der Waals surface area (Å²) in [7, 11) is 1.67. The first-order valence-electron chi connectivity index (χ1n) is 6.86. The first-order valence-corrected chi connectivity index (χ1v) is 7.91. The van der Waals surface area contributed by atoms with Gasteiger partial charge in [-0.15, -0.1) is 11.8 Å². The van der Waals surface area contributed by atoms with Gasteiger partial charge in [-0.2, -0.15) is 0 Å². The molecule has 3 unspecified atom stereocenters. The second kappa shape index (κ2) is 6.03. The zero-order valence-electron chi connectivity index (χ0n) is 11.7. The number of aliphatic carboxylic acids is 1. The van der Waals surface area contributed by atoms with E-state index >= 15 is 0 Å². The van der Waals surface area contributed by atoms with E-state index in [1.54, 1.807) is 7.05 Å². The highest BCUT2D eigenvalue weighted by Crippen LogP contribution is 2.34. The van der Waals surface area contributed by atoms with E-state index in [9.17, 15) is 19.5 Å². The van der Waals surface area contributed by atoms with Crippen LogP contribution in [-0.2, 0) is 14.4 Å².